The molecule has 0 aliphatic rings. The molecule has 0 aliphatic heterocycles. The highest BCUT2D eigenvalue weighted by atomic mass is 35.6. The van der Waals surface area contributed by atoms with Crippen molar-refractivity contribution >= 4 is 139 Å². The van der Waals surface area contributed by atoms with Crippen LogP contribution in [0.15, 0.2) is 12.1 Å². The van der Waals surface area contributed by atoms with Crippen molar-refractivity contribution < 1.29 is 0 Å². The lowest BCUT2D eigenvalue weighted by Gasteiger charge is -2.31. The van der Waals surface area contributed by atoms with Gasteiger partial charge in [0, 0.05) is 22.3 Å². The maximum atomic E-state index is 5.95. The lowest BCUT2D eigenvalue weighted by atomic mass is 9.98. The molecule has 0 radical (unpaired) electrons. The molecule has 1 rings (SSSR count). The van der Waals surface area contributed by atoms with Gasteiger partial charge in [-0.05, 0) is 0 Å². The van der Waals surface area contributed by atoms with Crippen LogP contribution in [-0.4, -0.2) is 0 Å². The topological polar surface area (TPSA) is 0 Å². The monoisotopic (exact) mass is 542 g/mol. The summed E-state index contributed by atoms with van der Waals surface area (Å²) in [7, 11) is 0. The summed E-state index contributed by atoms with van der Waals surface area (Å²) in [4.78, 5) is 0. The van der Waals surface area contributed by atoms with Crippen LogP contribution in [0.3, 0.4) is 0 Å². The van der Waals surface area contributed by atoms with E-state index in [1.807, 2.05) is 0 Å². The van der Waals surface area contributed by atoms with Crippen molar-refractivity contribution in [3.8, 4) is 0 Å². The van der Waals surface area contributed by atoms with Gasteiger partial charge in [0.2, 0.25) is 15.2 Å². The van der Waals surface area contributed by atoms with Crippen molar-refractivity contribution in [2.45, 2.75) is 15.2 Å². The molecule has 12 heteroatoms. The molecule has 1 aromatic carbocycles. The normalized spacial score (nSPS) is 14.4. The molecule has 0 fully saturated rings. The second kappa shape index (κ2) is 7.37. The molecule has 0 nitrogen and oxygen atoms in total. The molecule has 0 aromatic heterocycles. The van der Waals surface area contributed by atoms with Crippen LogP contribution in [0.5, 0.6) is 0 Å². The molecule has 0 saturated heterocycles. The zero-order chi connectivity index (χ0) is 17.7. The van der Waals surface area contributed by atoms with E-state index in [0.717, 1.165) is 0 Å². The molecule has 126 valence electrons. The molecular weight excluding hydrogens is 546 g/mol. The lowest BCUT2D eigenvalue weighted by molar-refractivity contribution is 1.00. The largest absolute Gasteiger partial charge is 0.216 e. The van der Waals surface area contributed by atoms with Crippen molar-refractivity contribution in [3.05, 3.63) is 34.4 Å². The molecule has 0 spiro atoms. The van der Waals surface area contributed by atoms with Crippen LogP contribution in [0.4, 0.5) is 0 Å². The van der Waals surface area contributed by atoms with E-state index in [9.17, 15) is 0 Å². The minimum atomic E-state index is -2.12. The van der Waals surface area contributed by atoms with E-state index in [0.29, 0.717) is 0 Å². The van der Waals surface area contributed by atoms with E-state index in [2.05, 4.69) is 0 Å². The predicted molar refractivity (Wildman–Crippen MR) is 103 cm³/mol. The van der Waals surface area contributed by atoms with E-state index >= 15 is 0 Å². The van der Waals surface area contributed by atoms with Gasteiger partial charge in [-0.3, -0.25) is 0 Å². The van der Waals surface area contributed by atoms with Crippen LogP contribution >= 0.6 is 139 Å². The van der Waals surface area contributed by atoms with Gasteiger partial charge in [-0.25, -0.2) is 0 Å². The molecule has 0 N–H and O–H groups in total. The van der Waals surface area contributed by atoms with Crippen LogP contribution < -0.4 is 0 Å². The van der Waals surface area contributed by atoms with Gasteiger partial charge >= 0.3 is 0 Å². The van der Waals surface area contributed by atoms with Crippen LogP contribution in [0.2, 0.25) is 0 Å². The Kier molecular flexibility index (Phi) is 7.62. The maximum Gasteiger partial charge on any atom is 0.216 e. The molecule has 0 amide bonds. The van der Waals surface area contributed by atoms with Gasteiger partial charge in [0.05, 0.1) is 0 Å². The van der Waals surface area contributed by atoms with Crippen molar-refractivity contribution in [1.29, 1.82) is 0 Å². The second-order valence-electron chi connectivity index (χ2n) is 3.90. The summed E-state index contributed by atoms with van der Waals surface area (Å²) >= 11 is 71.0. The summed E-state index contributed by atoms with van der Waals surface area (Å²) in [6.45, 7) is 0. The molecule has 0 atom stereocenters. The highest BCUT2D eigenvalue weighted by Gasteiger charge is 2.45. The smallest absolute Gasteiger partial charge is 0.0784 e. The first-order valence-corrected chi connectivity index (χ1v) is 9.46. The van der Waals surface area contributed by atoms with E-state index in [1.165, 1.54) is 12.1 Å². The van der Waals surface area contributed by atoms with E-state index in [1.54, 1.807) is 0 Å². The van der Waals surface area contributed by atoms with Crippen molar-refractivity contribution in [2.75, 3.05) is 0 Å². The highest BCUT2D eigenvalue weighted by Crippen LogP contribution is 2.57. The fourth-order valence-corrected chi connectivity index (χ4v) is 3.79. The van der Waals surface area contributed by atoms with Crippen molar-refractivity contribution in [3.63, 3.8) is 0 Å². The number of hydrogen-bond acceptors (Lipinski definition) is 0. The van der Waals surface area contributed by atoms with Crippen molar-refractivity contribution in [1.82, 2.24) is 0 Å². The first kappa shape index (κ1) is 22.7. The first-order valence-electron chi connectivity index (χ1n) is 4.93. The summed E-state index contributed by atoms with van der Waals surface area (Å²) in [6, 6.07) is 2.61. The summed E-state index contributed by atoms with van der Waals surface area (Å²) in [6.07, 6.45) is 0. The van der Waals surface area contributed by atoms with Gasteiger partial charge in [0.25, 0.3) is 0 Å². The average molecular weight is 548 g/mol. The number of benzene rings is 1. The van der Waals surface area contributed by atoms with Crippen LogP contribution in [-0.2, 0) is 15.2 Å². The van der Waals surface area contributed by atoms with Crippen LogP contribution in [0.25, 0.3) is 0 Å². The summed E-state index contributed by atoms with van der Waals surface area (Å²) in [5.74, 6) is 0. The average Bonchev–Trinajstić information content (AvgIpc) is 2.22. The van der Waals surface area contributed by atoms with E-state index in [-0.39, 0.29) is 22.3 Å². The van der Waals surface area contributed by atoms with Crippen LogP contribution in [0.1, 0.15) is 22.3 Å². The third-order valence-electron chi connectivity index (χ3n) is 2.38. The molecule has 0 unspecified atom stereocenters. The summed E-state index contributed by atoms with van der Waals surface area (Å²) in [5, 5.41) is 0. The Morgan fingerprint density at radius 1 is 0.409 bits per heavy atom. The van der Waals surface area contributed by atoms with Gasteiger partial charge in [-0.15, -0.1) is 0 Å². The Labute approximate surface area is 187 Å². The molecule has 22 heavy (non-hydrogen) atoms. The third-order valence-corrected chi connectivity index (χ3v) is 4.74. The minimum absolute atomic E-state index is 0.0307. The van der Waals surface area contributed by atoms with Crippen LogP contribution in [0, 0.1) is 0 Å². The zero-order valence-electron chi connectivity index (χ0n) is 9.69. The predicted octanol–water partition coefficient (Wildman–Crippen LogP) is 8.99. The van der Waals surface area contributed by atoms with Gasteiger partial charge in [-0.1, -0.05) is 151 Å². The summed E-state index contributed by atoms with van der Waals surface area (Å²) < 4.78 is -8.19. The lowest BCUT2D eigenvalue weighted by Crippen LogP contribution is -2.23. The second-order valence-corrected chi connectivity index (χ2v) is 13.0. The SMILES string of the molecule is ClC(Cl)(Cl)c1ccc(C(Cl)(Cl)Cl)c(C(Cl)(Cl)Cl)c1C(Cl)(Cl)Cl. The molecule has 0 aliphatic carbocycles. The molecule has 0 heterocycles. The Morgan fingerprint density at radius 2 is 0.636 bits per heavy atom. The number of rotatable bonds is 0. The Bertz CT molecular complexity index is 502. The van der Waals surface area contributed by atoms with E-state index < -0.39 is 15.2 Å². The number of alkyl halides is 12. The minimum Gasteiger partial charge on any atom is -0.0784 e. The van der Waals surface area contributed by atoms with Gasteiger partial charge in [-0.2, -0.15) is 0 Å². The molecule has 0 saturated carbocycles. The number of halogens is 12. The van der Waals surface area contributed by atoms with Gasteiger partial charge in [0.1, 0.15) is 0 Å². The molecular formula is C10H2Cl12. The molecule has 0 bridgehead atoms. The standard InChI is InChI=1S/C10H2Cl12/c11-7(12,13)3-1-2-4(8(14,15)16)6(10(20,21)22)5(3)9(17,18)19/h1-2H. The fraction of sp³-hybridized carbons (Fsp3) is 0.400. The Morgan fingerprint density at radius 3 is 0.773 bits per heavy atom. The zero-order valence-corrected chi connectivity index (χ0v) is 18.8. The van der Waals surface area contributed by atoms with Crippen molar-refractivity contribution in [2.24, 2.45) is 0 Å². The Hall–Kier alpha value is 2.70. The quantitative estimate of drug-likeness (QED) is 0.285. The third kappa shape index (κ3) is 5.60. The van der Waals surface area contributed by atoms with E-state index in [4.69, 9.17) is 139 Å². The number of hydrogen-bond donors (Lipinski definition) is 0. The maximum absolute atomic E-state index is 5.95. The first-order chi connectivity index (χ1) is 9.47. The molecule has 1 aromatic rings. The highest BCUT2D eigenvalue weighted by molar-refractivity contribution is 6.71. The Balaban J connectivity index is 4.02. The summed E-state index contributed by atoms with van der Waals surface area (Å²) in [5.41, 5.74) is -0.448. The van der Waals surface area contributed by atoms with Gasteiger partial charge < -0.3 is 0 Å². The van der Waals surface area contributed by atoms with Gasteiger partial charge in [0.15, 0.2) is 0 Å². The fourth-order valence-electron chi connectivity index (χ4n) is 1.66.